The van der Waals surface area contributed by atoms with Gasteiger partial charge in [-0.15, -0.1) is 0 Å². The van der Waals surface area contributed by atoms with Gasteiger partial charge in [0, 0.05) is 25.7 Å². The van der Waals surface area contributed by atoms with E-state index in [0.29, 0.717) is 5.41 Å². The lowest BCUT2D eigenvalue weighted by Gasteiger charge is -2.42. The third kappa shape index (κ3) is 5.34. The van der Waals surface area contributed by atoms with Gasteiger partial charge in [0.05, 0.1) is 0 Å². The van der Waals surface area contributed by atoms with E-state index in [0.717, 1.165) is 12.6 Å². The van der Waals surface area contributed by atoms with Crippen LogP contribution in [0.2, 0.25) is 0 Å². The van der Waals surface area contributed by atoms with Gasteiger partial charge >= 0.3 is 0 Å². The fourth-order valence-corrected chi connectivity index (χ4v) is 3.38. The van der Waals surface area contributed by atoms with Gasteiger partial charge in [-0.1, -0.05) is 20.8 Å². The first kappa shape index (κ1) is 17.9. The van der Waals surface area contributed by atoms with Crippen LogP contribution < -0.4 is 5.32 Å². The first-order valence-electron chi connectivity index (χ1n) is 8.66. The number of hydrogen-bond donors (Lipinski definition) is 1. The molecule has 120 valence electrons. The Morgan fingerprint density at radius 1 is 1.20 bits per heavy atom. The van der Waals surface area contributed by atoms with E-state index in [1.807, 2.05) is 0 Å². The summed E-state index contributed by atoms with van der Waals surface area (Å²) >= 11 is 0. The molecule has 3 nitrogen and oxygen atoms in total. The number of likely N-dealkylation sites (tertiary alicyclic amines) is 1. The van der Waals surface area contributed by atoms with Gasteiger partial charge in [0.2, 0.25) is 0 Å². The molecule has 1 N–H and O–H groups in total. The van der Waals surface area contributed by atoms with Crippen molar-refractivity contribution in [3.05, 3.63) is 0 Å². The van der Waals surface area contributed by atoms with E-state index in [4.69, 9.17) is 0 Å². The molecular formula is C17H37N3. The minimum absolute atomic E-state index is 0.462. The fourth-order valence-electron chi connectivity index (χ4n) is 3.38. The largest absolute Gasteiger partial charge is 0.316 e. The molecule has 1 aliphatic heterocycles. The molecule has 0 aromatic heterocycles. The van der Waals surface area contributed by atoms with Crippen molar-refractivity contribution in [1.29, 1.82) is 0 Å². The maximum atomic E-state index is 3.66. The van der Waals surface area contributed by atoms with Crippen molar-refractivity contribution in [1.82, 2.24) is 15.1 Å². The van der Waals surface area contributed by atoms with Crippen LogP contribution in [-0.2, 0) is 0 Å². The monoisotopic (exact) mass is 283 g/mol. The second-order valence-corrected chi connectivity index (χ2v) is 6.88. The molecule has 1 aliphatic rings. The standard InChI is InChI=1S/C17H37N3/c1-6-11-18-14-17(7-2,8-3)15-20-12-9-10-16(13-20)19(4)5/h16,18H,6-15H2,1-5H3. The zero-order chi connectivity index (χ0) is 15.0. The second-order valence-electron chi connectivity index (χ2n) is 6.88. The van der Waals surface area contributed by atoms with Crippen LogP contribution in [0.4, 0.5) is 0 Å². The summed E-state index contributed by atoms with van der Waals surface area (Å²) in [5, 5.41) is 3.66. The highest BCUT2D eigenvalue weighted by molar-refractivity contribution is 4.86. The number of likely N-dealkylation sites (N-methyl/N-ethyl adjacent to an activating group) is 1. The molecule has 0 aromatic rings. The SMILES string of the molecule is CCCNCC(CC)(CC)CN1CCCC(N(C)C)C1. The van der Waals surface area contributed by atoms with E-state index >= 15 is 0 Å². The van der Waals surface area contributed by atoms with Crippen molar-refractivity contribution in [3.63, 3.8) is 0 Å². The number of nitrogens with zero attached hydrogens (tertiary/aromatic N) is 2. The van der Waals surface area contributed by atoms with Gasteiger partial charge < -0.3 is 15.1 Å². The minimum Gasteiger partial charge on any atom is -0.316 e. The second kappa shape index (κ2) is 9.01. The van der Waals surface area contributed by atoms with Crippen LogP contribution in [0.25, 0.3) is 0 Å². The van der Waals surface area contributed by atoms with Crippen LogP contribution in [0.15, 0.2) is 0 Å². The third-order valence-corrected chi connectivity index (χ3v) is 5.20. The quantitative estimate of drug-likeness (QED) is 0.657. The van der Waals surface area contributed by atoms with Crippen LogP contribution in [0.3, 0.4) is 0 Å². The molecule has 1 heterocycles. The molecule has 1 atom stereocenters. The average Bonchev–Trinajstić information content (AvgIpc) is 2.46. The summed E-state index contributed by atoms with van der Waals surface area (Å²) in [7, 11) is 4.45. The number of hydrogen-bond acceptors (Lipinski definition) is 3. The van der Waals surface area contributed by atoms with Gasteiger partial charge in [0.25, 0.3) is 0 Å². The molecule has 0 radical (unpaired) electrons. The fraction of sp³-hybridized carbons (Fsp3) is 1.00. The van der Waals surface area contributed by atoms with Crippen LogP contribution in [0.1, 0.15) is 52.9 Å². The Morgan fingerprint density at radius 3 is 2.45 bits per heavy atom. The smallest absolute Gasteiger partial charge is 0.0217 e. The number of nitrogens with one attached hydrogen (secondary N) is 1. The Labute approximate surface area is 127 Å². The van der Waals surface area contributed by atoms with E-state index in [1.165, 1.54) is 58.3 Å². The molecule has 0 bridgehead atoms. The van der Waals surface area contributed by atoms with E-state index < -0.39 is 0 Å². The summed E-state index contributed by atoms with van der Waals surface area (Å²) in [6, 6.07) is 0.749. The predicted octanol–water partition coefficient (Wildman–Crippen LogP) is 2.82. The van der Waals surface area contributed by atoms with E-state index in [-0.39, 0.29) is 0 Å². The minimum atomic E-state index is 0.462. The molecule has 1 fully saturated rings. The highest BCUT2D eigenvalue weighted by Crippen LogP contribution is 2.28. The van der Waals surface area contributed by atoms with Crippen LogP contribution in [0.5, 0.6) is 0 Å². The number of rotatable bonds is 9. The Balaban J connectivity index is 2.55. The van der Waals surface area contributed by atoms with Gasteiger partial charge in [0.1, 0.15) is 0 Å². The number of piperidine rings is 1. The summed E-state index contributed by atoms with van der Waals surface area (Å²) in [6.45, 7) is 13.1. The molecule has 0 aromatic carbocycles. The highest BCUT2D eigenvalue weighted by Gasteiger charge is 2.31. The zero-order valence-electron chi connectivity index (χ0n) is 14.5. The molecule has 1 rings (SSSR count). The van der Waals surface area contributed by atoms with Gasteiger partial charge in [-0.2, -0.15) is 0 Å². The van der Waals surface area contributed by atoms with Gasteiger partial charge in [0.15, 0.2) is 0 Å². The van der Waals surface area contributed by atoms with Crippen LogP contribution in [0, 0.1) is 5.41 Å². The molecule has 0 amide bonds. The summed E-state index contributed by atoms with van der Waals surface area (Å²) in [5.74, 6) is 0. The lowest BCUT2D eigenvalue weighted by molar-refractivity contribution is 0.0780. The Morgan fingerprint density at radius 2 is 1.90 bits per heavy atom. The third-order valence-electron chi connectivity index (χ3n) is 5.20. The van der Waals surface area contributed by atoms with Crippen molar-refractivity contribution in [2.45, 2.75) is 58.9 Å². The van der Waals surface area contributed by atoms with Crippen molar-refractivity contribution < 1.29 is 0 Å². The van der Waals surface area contributed by atoms with Crippen LogP contribution in [-0.4, -0.2) is 62.7 Å². The van der Waals surface area contributed by atoms with Crippen molar-refractivity contribution in [2.75, 3.05) is 46.8 Å². The lowest BCUT2D eigenvalue weighted by Crippen LogP contribution is -2.50. The molecule has 1 saturated heterocycles. The molecule has 3 heteroatoms. The predicted molar refractivity (Wildman–Crippen MR) is 89.3 cm³/mol. The van der Waals surface area contributed by atoms with Gasteiger partial charge in [-0.3, -0.25) is 0 Å². The van der Waals surface area contributed by atoms with Gasteiger partial charge in [-0.05, 0) is 64.7 Å². The van der Waals surface area contributed by atoms with Gasteiger partial charge in [-0.25, -0.2) is 0 Å². The Kier molecular flexibility index (Phi) is 8.08. The maximum absolute atomic E-state index is 3.66. The average molecular weight is 284 g/mol. The molecule has 0 aliphatic carbocycles. The topological polar surface area (TPSA) is 18.5 Å². The Bertz CT molecular complexity index is 249. The molecule has 1 unspecified atom stereocenters. The molecule has 20 heavy (non-hydrogen) atoms. The molecule has 0 spiro atoms. The van der Waals surface area contributed by atoms with E-state index in [2.05, 4.69) is 50.0 Å². The van der Waals surface area contributed by atoms with E-state index in [9.17, 15) is 0 Å². The lowest BCUT2D eigenvalue weighted by atomic mass is 9.81. The first-order chi connectivity index (χ1) is 9.56. The summed E-state index contributed by atoms with van der Waals surface area (Å²) in [4.78, 5) is 5.12. The first-order valence-corrected chi connectivity index (χ1v) is 8.66. The van der Waals surface area contributed by atoms with Crippen molar-refractivity contribution >= 4 is 0 Å². The van der Waals surface area contributed by atoms with Crippen LogP contribution >= 0.6 is 0 Å². The summed E-state index contributed by atoms with van der Waals surface area (Å²) in [6.07, 6.45) is 6.51. The maximum Gasteiger partial charge on any atom is 0.0217 e. The van der Waals surface area contributed by atoms with Crippen molar-refractivity contribution in [2.24, 2.45) is 5.41 Å². The van der Waals surface area contributed by atoms with E-state index in [1.54, 1.807) is 0 Å². The summed E-state index contributed by atoms with van der Waals surface area (Å²) < 4.78 is 0. The summed E-state index contributed by atoms with van der Waals surface area (Å²) in [5.41, 5.74) is 0.462. The Hall–Kier alpha value is -0.120. The molecular weight excluding hydrogens is 246 g/mol. The highest BCUT2D eigenvalue weighted by atomic mass is 15.2. The molecule has 0 saturated carbocycles. The van der Waals surface area contributed by atoms with Crippen molar-refractivity contribution in [3.8, 4) is 0 Å². The zero-order valence-corrected chi connectivity index (χ0v) is 14.5. The normalized spacial score (nSPS) is 21.6.